The van der Waals surface area contributed by atoms with Gasteiger partial charge in [-0.2, -0.15) is 0 Å². The van der Waals surface area contributed by atoms with Gasteiger partial charge in [-0.1, -0.05) is 0 Å². The molecule has 7 nitrogen and oxygen atoms in total. The van der Waals surface area contributed by atoms with Crippen LogP contribution in [0, 0.1) is 23.7 Å². The van der Waals surface area contributed by atoms with E-state index in [1.165, 1.54) is 0 Å². The van der Waals surface area contributed by atoms with Crippen molar-refractivity contribution in [2.45, 2.75) is 37.9 Å². The van der Waals surface area contributed by atoms with Crippen molar-refractivity contribution in [3.05, 3.63) is 0 Å². The average molecular weight is 348 g/mol. The molecule has 1 saturated heterocycles. The first-order chi connectivity index (χ1) is 11.2. The van der Waals surface area contributed by atoms with Crippen molar-refractivity contribution < 1.29 is 42.5 Å². The van der Waals surface area contributed by atoms with Crippen LogP contribution in [0.4, 0.5) is 8.78 Å². The summed E-state index contributed by atoms with van der Waals surface area (Å²) in [6.07, 6.45) is -1.26. The number of aliphatic hydroxyl groups is 1. The molecular weight excluding hydrogens is 330 g/mol. The van der Waals surface area contributed by atoms with Crippen molar-refractivity contribution in [3.63, 3.8) is 0 Å². The van der Waals surface area contributed by atoms with E-state index in [0.29, 0.717) is 13.3 Å². The summed E-state index contributed by atoms with van der Waals surface area (Å²) in [4.78, 5) is 35.3. The molecular formula is C15H18F2O7. The van der Waals surface area contributed by atoms with Gasteiger partial charge in [-0.15, -0.1) is 0 Å². The third kappa shape index (κ3) is 2.97. The number of rotatable bonds is 6. The van der Waals surface area contributed by atoms with Crippen LogP contribution >= 0.6 is 0 Å². The Morgan fingerprint density at radius 3 is 2.71 bits per heavy atom. The maximum Gasteiger partial charge on any atom is 0.310 e. The lowest BCUT2D eigenvalue weighted by atomic mass is 9.78. The normalized spacial score (nSPS) is 36.6. The van der Waals surface area contributed by atoms with E-state index >= 15 is 0 Å². The molecule has 24 heavy (non-hydrogen) atoms. The van der Waals surface area contributed by atoms with E-state index in [2.05, 4.69) is 4.74 Å². The maximum absolute atomic E-state index is 12.6. The highest BCUT2D eigenvalue weighted by atomic mass is 19.3. The molecule has 0 spiro atoms. The summed E-state index contributed by atoms with van der Waals surface area (Å²) in [6.45, 7) is -0.746. The van der Waals surface area contributed by atoms with Crippen molar-refractivity contribution in [1.29, 1.82) is 0 Å². The molecule has 2 saturated carbocycles. The molecule has 6 unspecified atom stereocenters. The largest absolute Gasteiger partial charge is 0.465 e. The Labute approximate surface area is 136 Å². The standard InChI is InChI=1S/C15H18F2O7/c1-15(16,17)5-23-8(18)2-3-22-13(20)9-6-4-7-10(9)14(21)24-12(7)11(6)19/h6-7,9-12,19H,2-5H2,1H3. The Kier molecular flexibility index (Phi) is 4.23. The van der Waals surface area contributed by atoms with Crippen LogP contribution in [0.5, 0.6) is 0 Å². The lowest BCUT2D eigenvalue weighted by molar-refractivity contribution is -0.161. The molecule has 134 valence electrons. The lowest BCUT2D eigenvalue weighted by Crippen LogP contribution is -2.41. The number of aliphatic hydroxyl groups excluding tert-OH is 1. The first-order valence-corrected chi connectivity index (χ1v) is 7.77. The molecule has 1 aliphatic heterocycles. The minimum absolute atomic E-state index is 0.174. The minimum atomic E-state index is -3.12. The first kappa shape index (κ1) is 17.1. The lowest BCUT2D eigenvalue weighted by Gasteiger charge is -2.26. The Bertz CT molecular complexity index is 559. The quantitative estimate of drug-likeness (QED) is 0.544. The molecule has 2 aliphatic carbocycles. The molecule has 0 aromatic heterocycles. The van der Waals surface area contributed by atoms with Crippen LogP contribution in [0.1, 0.15) is 19.8 Å². The third-order valence-corrected chi connectivity index (χ3v) is 4.88. The molecule has 2 bridgehead atoms. The highest BCUT2D eigenvalue weighted by Gasteiger charge is 2.68. The molecule has 9 heteroatoms. The Hall–Kier alpha value is -1.77. The Morgan fingerprint density at radius 1 is 1.33 bits per heavy atom. The van der Waals surface area contributed by atoms with Crippen LogP contribution in [-0.4, -0.2) is 54.4 Å². The van der Waals surface area contributed by atoms with E-state index in [1.54, 1.807) is 0 Å². The number of carbonyl (C=O) groups is 3. The van der Waals surface area contributed by atoms with Crippen LogP contribution in [0.2, 0.25) is 0 Å². The van der Waals surface area contributed by atoms with E-state index in [4.69, 9.17) is 9.47 Å². The van der Waals surface area contributed by atoms with Crippen molar-refractivity contribution in [2.75, 3.05) is 13.2 Å². The molecule has 0 amide bonds. The van der Waals surface area contributed by atoms with E-state index in [-0.39, 0.29) is 18.9 Å². The van der Waals surface area contributed by atoms with Gasteiger partial charge in [-0.05, 0) is 6.42 Å². The van der Waals surface area contributed by atoms with Crippen molar-refractivity contribution in [3.8, 4) is 0 Å². The molecule has 3 aliphatic rings. The predicted octanol–water partition coefficient (Wildman–Crippen LogP) is 0.287. The van der Waals surface area contributed by atoms with Crippen LogP contribution in [0.25, 0.3) is 0 Å². The highest BCUT2D eigenvalue weighted by Crippen LogP contribution is 2.57. The fourth-order valence-electron chi connectivity index (χ4n) is 3.95. The first-order valence-electron chi connectivity index (χ1n) is 7.77. The van der Waals surface area contributed by atoms with Crippen molar-refractivity contribution in [2.24, 2.45) is 23.7 Å². The number of hydrogen-bond acceptors (Lipinski definition) is 7. The topological polar surface area (TPSA) is 99.1 Å². The van der Waals surface area contributed by atoms with Crippen molar-refractivity contribution >= 4 is 17.9 Å². The number of hydrogen-bond donors (Lipinski definition) is 1. The van der Waals surface area contributed by atoms with Gasteiger partial charge in [0.1, 0.15) is 12.7 Å². The van der Waals surface area contributed by atoms with Gasteiger partial charge >= 0.3 is 17.9 Å². The molecule has 0 radical (unpaired) electrons. The van der Waals surface area contributed by atoms with Gasteiger partial charge in [0, 0.05) is 18.8 Å². The van der Waals surface area contributed by atoms with Crippen LogP contribution in [0.15, 0.2) is 0 Å². The second-order valence-electron chi connectivity index (χ2n) is 6.66. The summed E-state index contributed by atoms with van der Waals surface area (Å²) in [5, 5.41) is 10.1. The van der Waals surface area contributed by atoms with Gasteiger partial charge in [0.05, 0.1) is 24.4 Å². The van der Waals surface area contributed by atoms with E-state index in [9.17, 15) is 28.3 Å². The summed E-state index contributed by atoms with van der Waals surface area (Å²) < 4.78 is 39.5. The monoisotopic (exact) mass is 348 g/mol. The van der Waals surface area contributed by atoms with E-state index in [1.807, 2.05) is 0 Å². The second kappa shape index (κ2) is 5.94. The number of halogens is 2. The smallest absolute Gasteiger partial charge is 0.310 e. The molecule has 3 fully saturated rings. The Morgan fingerprint density at radius 2 is 2.04 bits per heavy atom. The molecule has 1 N–H and O–H groups in total. The second-order valence-corrected chi connectivity index (χ2v) is 6.66. The third-order valence-electron chi connectivity index (χ3n) is 4.88. The summed E-state index contributed by atoms with van der Waals surface area (Å²) in [7, 11) is 0. The molecule has 3 rings (SSSR count). The molecule has 6 atom stereocenters. The predicted molar refractivity (Wildman–Crippen MR) is 71.6 cm³/mol. The van der Waals surface area contributed by atoms with Gasteiger partial charge in [0.15, 0.2) is 6.61 Å². The van der Waals surface area contributed by atoms with E-state index < -0.39 is 60.4 Å². The van der Waals surface area contributed by atoms with Gasteiger partial charge in [0.25, 0.3) is 5.92 Å². The highest BCUT2D eigenvalue weighted by molar-refractivity contribution is 5.86. The molecule has 0 aromatic rings. The number of esters is 3. The zero-order valence-electron chi connectivity index (χ0n) is 12.9. The van der Waals surface area contributed by atoms with Gasteiger partial charge < -0.3 is 19.3 Å². The SMILES string of the molecule is CC(F)(F)COC(=O)CCOC(=O)C1C2CC3C(OC(=O)C31)C2O. The summed E-state index contributed by atoms with van der Waals surface area (Å²) in [5.41, 5.74) is 0. The number of carbonyl (C=O) groups excluding carboxylic acids is 3. The Balaban J connectivity index is 1.48. The minimum Gasteiger partial charge on any atom is -0.465 e. The zero-order chi connectivity index (χ0) is 17.6. The van der Waals surface area contributed by atoms with Gasteiger partial charge in [-0.3, -0.25) is 14.4 Å². The molecule has 1 heterocycles. The van der Waals surface area contributed by atoms with Crippen molar-refractivity contribution in [1.82, 2.24) is 0 Å². The summed E-state index contributed by atoms with van der Waals surface area (Å²) in [5.74, 6) is -7.17. The van der Waals surface area contributed by atoms with Crippen LogP contribution in [-0.2, 0) is 28.6 Å². The van der Waals surface area contributed by atoms with Gasteiger partial charge in [0.2, 0.25) is 0 Å². The van der Waals surface area contributed by atoms with E-state index in [0.717, 1.165) is 0 Å². The number of alkyl halides is 2. The molecule has 0 aromatic carbocycles. The van der Waals surface area contributed by atoms with Crippen LogP contribution in [0.3, 0.4) is 0 Å². The fraction of sp³-hybridized carbons (Fsp3) is 0.800. The summed E-state index contributed by atoms with van der Waals surface area (Å²) >= 11 is 0. The van der Waals surface area contributed by atoms with Crippen LogP contribution < -0.4 is 0 Å². The summed E-state index contributed by atoms with van der Waals surface area (Å²) in [6, 6.07) is 0. The fourth-order valence-corrected chi connectivity index (χ4v) is 3.95. The zero-order valence-corrected chi connectivity index (χ0v) is 12.9. The number of ether oxygens (including phenoxy) is 3. The number of fused-ring (bicyclic) bond motifs is 1. The maximum atomic E-state index is 12.6. The van der Waals surface area contributed by atoms with Gasteiger partial charge in [-0.25, -0.2) is 8.78 Å². The average Bonchev–Trinajstić information content (AvgIpc) is 3.08.